The Morgan fingerprint density at radius 3 is 2.64 bits per heavy atom. The van der Waals surface area contributed by atoms with Crippen molar-refractivity contribution in [3.05, 3.63) is 53.0 Å². The highest BCUT2D eigenvalue weighted by atomic mass is 19.4. The third-order valence-electron chi connectivity index (χ3n) is 6.66. The molecule has 9 nitrogen and oxygen atoms in total. The summed E-state index contributed by atoms with van der Waals surface area (Å²) in [5.74, 6) is 0.0811. The van der Waals surface area contributed by atoms with Gasteiger partial charge in [0.1, 0.15) is 17.8 Å². The lowest BCUT2D eigenvalue weighted by Gasteiger charge is -2.32. The second-order valence-corrected chi connectivity index (χ2v) is 9.16. The van der Waals surface area contributed by atoms with E-state index in [1.807, 2.05) is 0 Å². The van der Waals surface area contributed by atoms with E-state index in [-0.39, 0.29) is 30.7 Å². The molecule has 2 atom stereocenters. The monoisotopic (exact) mass is 506 g/mol. The van der Waals surface area contributed by atoms with Crippen LogP contribution in [0.5, 0.6) is 0 Å². The summed E-state index contributed by atoms with van der Waals surface area (Å²) < 4.78 is 38.8. The lowest BCUT2D eigenvalue weighted by molar-refractivity contribution is -0.137. The summed E-state index contributed by atoms with van der Waals surface area (Å²) in [4.78, 5) is 34.1. The van der Waals surface area contributed by atoms with E-state index in [0.29, 0.717) is 30.9 Å². The summed E-state index contributed by atoms with van der Waals surface area (Å²) in [5, 5.41) is 19.6. The zero-order chi connectivity index (χ0) is 25.9. The molecule has 2 aliphatic rings. The molecule has 2 aliphatic heterocycles. The highest BCUT2D eigenvalue weighted by Crippen LogP contribution is 2.31. The normalized spacial score (nSPS) is 19.4. The van der Waals surface area contributed by atoms with Gasteiger partial charge in [0, 0.05) is 51.3 Å². The Labute approximate surface area is 206 Å². The van der Waals surface area contributed by atoms with E-state index in [2.05, 4.69) is 25.9 Å². The summed E-state index contributed by atoms with van der Waals surface area (Å²) in [6, 6.07) is 4.85. The molecule has 0 bridgehead atoms. The van der Waals surface area contributed by atoms with Crippen LogP contribution < -0.4 is 16.0 Å². The topological polar surface area (TPSA) is 119 Å². The van der Waals surface area contributed by atoms with Crippen molar-refractivity contribution in [1.82, 2.24) is 25.5 Å². The first-order chi connectivity index (χ1) is 17.1. The molecule has 0 spiro atoms. The Morgan fingerprint density at radius 1 is 1.19 bits per heavy atom. The van der Waals surface area contributed by atoms with Gasteiger partial charge in [-0.15, -0.1) is 0 Å². The number of hydrogen-bond acceptors (Lipinski definition) is 7. The predicted octanol–water partition coefficient (Wildman–Crippen LogP) is 1.72. The molecule has 4 rings (SSSR count). The first-order valence-electron chi connectivity index (χ1n) is 11.8. The van der Waals surface area contributed by atoms with Crippen LogP contribution in [0.4, 0.5) is 19.0 Å². The summed E-state index contributed by atoms with van der Waals surface area (Å²) in [5.41, 5.74) is 0.722. The SMILES string of the molecule is CC(=O)N1CCC(Nc2cc(C(=O)NCC(O)[C@@H]3Cc4ccc(C(F)(F)F)cc4CN3)ncn2)CC1. The molecule has 1 unspecified atom stereocenters. The number of hydrogen-bond donors (Lipinski definition) is 4. The number of carbonyl (C=O) groups excluding carboxylic acids is 2. The van der Waals surface area contributed by atoms with Crippen LogP contribution in [0.15, 0.2) is 30.6 Å². The smallest absolute Gasteiger partial charge is 0.390 e. The molecule has 0 radical (unpaired) electrons. The number of likely N-dealkylation sites (tertiary alicyclic amines) is 1. The van der Waals surface area contributed by atoms with Crippen LogP contribution in [0.25, 0.3) is 0 Å². The number of carbonyl (C=O) groups is 2. The van der Waals surface area contributed by atoms with Crippen molar-refractivity contribution in [1.29, 1.82) is 0 Å². The maximum Gasteiger partial charge on any atom is 0.416 e. The number of nitrogens with zero attached hydrogens (tertiary/aromatic N) is 3. The molecule has 1 aromatic heterocycles. The molecule has 0 saturated carbocycles. The largest absolute Gasteiger partial charge is 0.416 e. The average Bonchev–Trinajstić information content (AvgIpc) is 2.86. The molecule has 1 fully saturated rings. The lowest BCUT2D eigenvalue weighted by atomic mass is 9.91. The van der Waals surface area contributed by atoms with Crippen molar-refractivity contribution in [3.63, 3.8) is 0 Å². The van der Waals surface area contributed by atoms with Crippen molar-refractivity contribution in [3.8, 4) is 0 Å². The second-order valence-electron chi connectivity index (χ2n) is 9.16. The molecule has 12 heteroatoms. The van der Waals surface area contributed by atoms with Crippen molar-refractivity contribution in [2.75, 3.05) is 25.0 Å². The molecule has 2 aromatic rings. The average molecular weight is 507 g/mol. The van der Waals surface area contributed by atoms with E-state index in [0.717, 1.165) is 30.5 Å². The Kier molecular flexibility index (Phi) is 7.74. The first kappa shape index (κ1) is 25.8. The number of aromatic nitrogens is 2. The summed E-state index contributed by atoms with van der Waals surface area (Å²) >= 11 is 0. The van der Waals surface area contributed by atoms with Crippen molar-refractivity contribution in [2.24, 2.45) is 0 Å². The fraction of sp³-hybridized carbons (Fsp3) is 0.500. The number of halogens is 3. The van der Waals surface area contributed by atoms with Gasteiger partial charge in [-0.1, -0.05) is 6.07 Å². The van der Waals surface area contributed by atoms with Crippen LogP contribution in [0.2, 0.25) is 0 Å². The number of aliphatic hydroxyl groups excluding tert-OH is 1. The highest BCUT2D eigenvalue weighted by molar-refractivity contribution is 5.92. The van der Waals surface area contributed by atoms with Gasteiger partial charge in [-0.25, -0.2) is 9.97 Å². The molecule has 0 aliphatic carbocycles. The number of nitrogens with one attached hydrogen (secondary N) is 3. The number of fused-ring (bicyclic) bond motifs is 1. The first-order valence-corrected chi connectivity index (χ1v) is 11.8. The quantitative estimate of drug-likeness (QED) is 0.471. The van der Waals surface area contributed by atoms with E-state index in [9.17, 15) is 27.9 Å². The van der Waals surface area contributed by atoms with Gasteiger partial charge < -0.3 is 26.0 Å². The van der Waals surface area contributed by atoms with Crippen molar-refractivity contribution >= 4 is 17.6 Å². The number of piperidine rings is 1. The molecule has 1 saturated heterocycles. The zero-order valence-corrected chi connectivity index (χ0v) is 19.8. The van der Waals surface area contributed by atoms with Crippen LogP contribution in [0.1, 0.15) is 46.9 Å². The number of rotatable bonds is 6. The van der Waals surface area contributed by atoms with E-state index in [1.54, 1.807) is 11.8 Å². The van der Waals surface area contributed by atoms with Crippen LogP contribution in [-0.2, 0) is 23.9 Å². The van der Waals surface area contributed by atoms with E-state index in [4.69, 9.17) is 0 Å². The minimum Gasteiger partial charge on any atom is -0.390 e. The van der Waals surface area contributed by atoms with Crippen LogP contribution >= 0.6 is 0 Å². The number of alkyl halides is 3. The van der Waals surface area contributed by atoms with Gasteiger partial charge in [0.05, 0.1) is 11.7 Å². The number of amides is 2. The minimum atomic E-state index is -4.40. The fourth-order valence-corrected chi connectivity index (χ4v) is 4.53. The lowest BCUT2D eigenvalue weighted by Crippen LogP contribution is -2.49. The molecule has 194 valence electrons. The van der Waals surface area contributed by atoms with Crippen molar-refractivity contribution < 1.29 is 27.9 Å². The standard InChI is InChI=1S/C24H29F3N6O3/c1-14(34)33-6-4-18(5-7-33)32-22-10-20(30-13-31-22)23(36)29-12-21(35)19-9-15-2-3-17(24(25,26)27)8-16(15)11-28-19/h2-3,8,10,13,18-19,21,28,35H,4-7,9,11-12H2,1H3,(H,29,36)(H,30,31,32)/t19-,21?/m0/s1. The van der Waals surface area contributed by atoms with Crippen LogP contribution in [0, 0.1) is 0 Å². The molecule has 36 heavy (non-hydrogen) atoms. The molecular formula is C24H29F3N6O3. The predicted molar refractivity (Wildman–Crippen MR) is 125 cm³/mol. The number of anilines is 1. The van der Waals surface area contributed by atoms with E-state index in [1.165, 1.54) is 18.5 Å². The van der Waals surface area contributed by atoms with Crippen LogP contribution in [0.3, 0.4) is 0 Å². The second kappa shape index (κ2) is 10.8. The Bertz CT molecular complexity index is 1100. The summed E-state index contributed by atoms with van der Waals surface area (Å²) in [7, 11) is 0. The summed E-state index contributed by atoms with van der Waals surface area (Å²) in [6.07, 6.45) is -2.19. The van der Waals surface area contributed by atoms with Gasteiger partial charge in [-0.2, -0.15) is 13.2 Å². The Morgan fingerprint density at radius 2 is 1.94 bits per heavy atom. The van der Waals surface area contributed by atoms with Crippen LogP contribution in [-0.4, -0.2) is 69.6 Å². The van der Waals surface area contributed by atoms with Gasteiger partial charge in [0.25, 0.3) is 5.91 Å². The van der Waals surface area contributed by atoms with Gasteiger partial charge >= 0.3 is 6.18 Å². The molecule has 2 amide bonds. The minimum absolute atomic E-state index is 0.0528. The van der Waals surface area contributed by atoms with E-state index >= 15 is 0 Å². The molecule has 4 N–H and O–H groups in total. The molecular weight excluding hydrogens is 477 g/mol. The Hall–Kier alpha value is -3.25. The third-order valence-corrected chi connectivity index (χ3v) is 6.66. The fourth-order valence-electron chi connectivity index (χ4n) is 4.53. The van der Waals surface area contributed by atoms with Gasteiger partial charge in [-0.3, -0.25) is 9.59 Å². The number of benzene rings is 1. The Balaban J connectivity index is 1.28. The van der Waals surface area contributed by atoms with Gasteiger partial charge in [-0.05, 0) is 42.5 Å². The zero-order valence-electron chi connectivity index (χ0n) is 19.8. The van der Waals surface area contributed by atoms with Crippen molar-refractivity contribution in [2.45, 2.75) is 57.1 Å². The number of aliphatic hydroxyl groups is 1. The van der Waals surface area contributed by atoms with E-state index < -0.39 is 29.8 Å². The maximum absolute atomic E-state index is 12.9. The van der Waals surface area contributed by atoms with Gasteiger partial charge in [0.2, 0.25) is 5.91 Å². The van der Waals surface area contributed by atoms with Gasteiger partial charge in [0.15, 0.2) is 0 Å². The summed E-state index contributed by atoms with van der Waals surface area (Å²) in [6.45, 7) is 3.01. The molecule has 3 heterocycles. The molecule has 1 aromatic carbocycles. The highest BCUT2D eigenvalue weighted by Gasteiger charge is 2.32. The third kappa shape index (κ3) is 6.30. The maximum atomic E-state index is 12.9.